The number of nitrogens with one attached hydrogen (secondary N) is 1. The molecule has 0 atom stereocenters. The van der Waals surface area contributed by atoms with Crippen LogP contribution in [0.4, 0.5) is 5.69 Å². The highest BCUT2D eigenvalue weighted by Gasteiger charge is 2.42. The van der Waals surface area contributed by atoms with Crippen LogP contribution in [0.5, 0.6) is 0 Å². The SMILES string of the molecule is CNC(=O)CN(CCc1sccc1C)C(=O)c1ccc2c(c1)C(C)(C)C(=O)N2C. The molecule has 0 fully saturated rings. The zero-order valence-corrected chi connectivity index (χ0v) is 18.4. The number of benzene rings is 1. The minimum Gasteiger partial charge on any atom is -0.358 e. The van der Waals surface area contributed by atoms with E-state index in [4.69, 9.17) is 0 Å². The molecule has 0 saturated heterocycles. The third-order valence-corrected chi connectivity index (χ3v) is 6.68. The molecule has 0 radical (unpaired) electrons. The molecule has 3 rings (SSSR count). The van der Waals surface area contributed by atoms with E-state index < -0.39 is 5.41 Å². The van der Waals surface area contributed by atoms with Crippen molar-refractivity contribution >= 4 is 34.7 Å². The van der Waals surface area contributed by atoms with Gasteiger partial charge in [0.1, 0.15) is 0 Å². The molecule has 7 heteroatoms. The number of anilines is 1. The Morgan fingerprint density at radius 2 is 1.97 bits per heavy atom. The molecule has 1 aromatic heterocycles. The highest BCUT2D eigenvalue weighted by molar-refractivity contribution is 7.10. The lowest BCUT2D eigenvalue weighted by Gasteiger charge is -2.23. The van der Waals surface area contributed by atoms with E-state index in [0.29, 0.717) is 18.5 Å². The lowest BCUT2D eigenvalue weighted by molar-refractivity contribution is -0.122. The molecule has 1 aromatic carbocycles. The fraction of sp³-hybridized carbons (Fsp3) is 0.409. The lowest BCUT2D eigenvalue weighted by atomic mass is 9.85. The highest BCUT2D eigenvalue weighted by atomic mass is 32.1. The Labute approximate surface area is 175 Å². The van der Waals surface area contributed by atoms with Crippen LogP contribution in [-0.2, 0) is 21.4 Å². The highest BCUT2D eigenvalue weighted by Crippen LogP contribution is 2.41. The smallest absolute Gasteiger partial charge is 0.254 e. The molecule has 1 aliphatic rings. The number of aryl methyl sites for hydroxylation is 1. The molecule has 0 bridgehead atoms. The van der Waals surface area contributed by atoms with Gasteiger partial charge in [-0.3, -0.25) is 14.4 Å². The van der Waals surface area contributed by atoms with E-state index >= 15 is 0 Å². The first-order valence-corrected chi connectivity index (χ1v) is 10.5. The largest absolute Gasteiger partial charge is 0.358 e. The van der Waals surface area contributed by atoms with Crippen LogP contribution in [0, 0.1) is 6.92 Å². The van der Waals surface area contributed by atoms with Gasteiger partial charge in [-0.05, 0) is 68.0 Å². The molecule has 0 saturated carbocycles. The van der Waals surface area contributed by atoms with Crippen molar-refractivity contribution in [3.63, 3.8) is 0 Å². The van der Waals surface area contributed by atoms with Crippen LogP contribution in [0.25, 0.3) is 0 Å². The van der Waals surface area contributed by atoms with Gasteiger partial charge in [-0.1, -0.05) is 0 Å². The van der Waals surface area contributed by atoms with E-state index in [1.54, 1.807) is 47.4 Å². The van der Waals surface area contributed by atoms with Crippen LogP contribution in [0.3, 0.4) is 0 Å². The summed E-state index contributed by atoms with van der Waals surface area (Å²) in [6, 6.07) is 7.41. The number of carbonyl (C=O) groups is 3. The summed E-state index contributed by atoms with van der Waals surface area (Å²) in [4.78, 5) is 42.2. The van der Waals surface area contributed by atoms with E-state index in [1.807, 2.05) is 32.2 Å². The number of carbonyl (C=O) groups excluding carboxylic acids is 3. The van der Waals surface area contributed by atoms with E-state index in [9.17, 15) is 14.4 Å². The van der Waals surface area contributed by atoms with Crippen LogP contribution < -0.4 is 10.2 Å². The second kappa shape index (κ2) is 7.99. The second-order valence-corrected chi connectivity index (χ2v) is 8.90. The minimum absolute atomic E-state index is 0.000925. The molecular formula is C22H27N3O3S. The van der Waals surface area contributed by atoms with Crippen molar-refractivity contribution in [1.29, 1.82) is 0 Å². The summed E-state index contributed by atoms with van der Waals surface area (Å²) >= 11 is 1.66. The maximum atomic E-state index is 13.3. The molecule has 3 amide bonds. The number of amides is 3. The van der Waals surface area contributed by atoms with Gasteiger partial charge in [-0.25, -0.2) is 0 Å². The first-order chi connectivity index (χ1) is 13.7. The van der Waals surface area contributed by atoms with E-state index in [-0.39, 0.29) is 24.3 Å². The average Bonchev–Trinajstić information content (AvgIpc) is 3.19. The Morgan fingerprint density at radius 3 is 2.59 bits per heavy atom. The molecule has 0 spiro atoms. The normalized spacial score (nSPS) is 14.7. The summed E-state index contributed by atoms with van der Waals surface area (Å²) in [7, 11) is 3.31. The van der Waals surface area contributed by atoms with Gasteiger partial charge in [-0.15, -0.1) is 11.3 Å². The van der Waals surface area contributed by atoms with Gasteiger partial charge in [0.15, 0.2) is 0 Å². The number of likely N-dealkylation sites (N-methyl/N-ethyl adjacent to an activating group) is 2. The number of hydrogen-bond donors (Lipinski definition) is 1. The van der Waals surface area contributed by atoms with E-state index in [0.717, 1.165) is 11.3 Å². The monoisotopic (exact) mass is 413 g/mol. The maximum absolute atomic E-state index is 13.3. The zero-order valence-electron chi connectivity index (χ0n) is 17.5. The summed E-state index contributed by atoms with van der Waals surface area (Å²) in [5, 5.41) is 4.62. The third-order valence-electron chi connectivity index (χ3n) is 5.59. The van der Waals surface area contributed by atoms with Gasteiger partial charge in [0, 0.05) is 36.8 Å². The predicted octanol–water partition coefficient (Wildman–Crippen LogP) is 2.74. The number of rotatable bonds is 6. The predicted molar refractivity (Wildman–Crippen MR) is 116 cm³/mol. The molecule has 154 valence electrons. The molecule has 1 aliphatic heterocycles. The molecule has 0 aliphatic carbocycles. The first kappa shape index (κ1) is 21.0. The Kier molecular flexibility index (Phi) is 5.80. The molecule has 0 unspecified atom stereocenters. The quantitative estimate of drug-likeness (QED) is 0.792. The van der Waals surface area contributed by atoms with Gasteiger partial charge in [0.2, 0.25) is 11.8 Å². The molecule has 1 N–H and O–H groups in total. The fourth-order valence-electron chi connectivity index (χ4n) is 3.69. The average molecular weight is 414 g/mol. The Morgan fingerprint density at radius 1 is 1.24 bits per heavy atom. The number of fused-ring (bicyclic) bond motifs is 1. The van der Waals surface area contributed by atoms with Crippen molar-refractivity contribution in [2.24, 2.45) is 0 Å². The van der Waals surface area contributed by atoms with Gasteiger partial charge in [0.05, 0.1) is 12.0 Å². The van der Waals surface area contributed by atoms with Crippen LogP contribution in [0.2, 0.25) is 0 Å². The molecular weight excluding hydrogens is 386 g/mol. The van der Waals surface area contributed by atoms with Crippen molar-refractivity contribution in [1.82, 2.24) is 10.2 Å². The zero-order chi connectivity index (χ0) is 21.3. The van der Waals surface area contributed by atoms with Crippen LogP contribution in [-0.4, -0.2) is 49.8 Å². The van der Waals surface area contributed by atoms with Gasteiger partial charge >= 0.3 is 0 Å². The Balaban J connectivity index is 1.88. The van der Waals surface area contributed by atoms with Gasteiger partial charge in [-0.2, -0.15) is 0 Å². The van der Waals surface area contributed by atoms with Crippen LogP contribution in [0.1, 0.15) is 40.2 Å². The molecule has 2 heterocycles. The fourth-order valence-corrected chi connectivity index (χ4v) is 4.59. The summed E-state index contributed by atoms with van der Waals surface area (Å²) < 4.78 is 0. The van der Waals surface area contributed by atoms with Crippen molar-refractivity contribution < 1.29 is 14.4 Å². The van der Waals surface area contributed by atoms with Crippen molar-refractivity contribution in [3.8, 4) is 0 Å². The maximum Gasteiger partial charge on any atom is 0.254 e. The second-order valence-electron chi connectivity index (χ2n) is 7.90. The van der Waals surface area contributed by atoms with Crippen molar-refractivity contribution in [2.75, 3.05) is 32.1 Å². The topological polar surface area (TPSA) is 69.7 Å². The number of thiophene rings is 1. The van der Waals surface area contributed by atoms with E-state index in [1.165, 1.54) is 10.4 Å². The van der Waals surface area contributed by atoms with Crippen molar-refractivity contribution in [3.05, 3.63) is 51.2 Å². The number of nitrogens with zero attached hydrogens (tertiary/aromatic N) is 2. The summed E-state index contributed by atoms with van der Waals surface area (Å²) in [6.07, 6.45) is 0.698. The van der Waals surface area contributed by atoms with Crippen LogP contribution >= 0.6 is 11.3 Å². The Hall–Kier alpha value is -2.67. The van der Waals surface area contributed by atoms with Crippen molar-refractivity contribution in [2.45, 2.75) is 32.6 Å². The standard InChI is InChI=1S/C22H27N3O3S/c1-14-9-11-29-18(14)8-10-25(13-19(26)23-4)20(27)15-6-7-17-16(12-15)22(2,3)21(28)24(17)5/h6-7,9,11-12H,8,10,13H2,1-5H3,(H,23,26). The van der Waals surface area contributed by atoms with Crippen LogP contribution in [0.15, 0.2) is 29.6 Å². The van der Waals surface area contributed by atoms with E-state index in [2.05, 4.69) is 11.4 Å². The first-order valence-electron chi connectivity index (χ1n) is 9.62. The molecule has 6 nitrogen and oxygen atoms in total. The number of hydrogen-bond acceptors (Lipinski definition) is 4. The molecule has 29 heavy (non-hydrogen) atoms. The molecule has 2 aromatic rings. The van der Waals surface area contributed by atoms with Gasteiger partial charge < -0.3 is 15.1 Å². The summed E-state index contributed by atoms with van der Waals surface area (Å²) in [5.41, 5.74) is 2.67. The van der Waals surface area contributed by atoms with Gasteiger partial charge in [0.25, 0.3) is 5.91 Å². The Bertz CT molecular complexity index is 964. The summed E-state index contributed by atoms with van der Waals surface area (Å²) in [5.74, 6) is -0.409. The minimum atomic E-state index is -0.680. The lowest BCUT2D eigenvalue weighted by Crippen LogP contribution is -2.40. The third kappa shape index (κ3) is 3.92. The summed E-state index contributed by atoms with van der Waals surface area (Å²) in [6.45, 7) is 6.24.